The minimum absolute atomic E-state index is 0. The van der Waals surface area contributed by atoms with Crippen molar-refractivity contribution < 1.29 is 4.74 Å². The van der Waals surface area contributed by atoms with Gasteiger partial charge in [-0.2, -0.15) is 0 Å². The minimum atomic E-state index is 0. The van der Waals surface area contributed by atoms with Gasteiger partial charge in [-0.25, -0.2) is 0 Å². The molecule has 30 heavy (non-hydrogen) atoms. The number of benzene rings is 1. The van der Waals surface area contributed by atoms with Gasteiger partial charge in [0.1, 0.15) is 12.2 Å². The summed E-state index contributed by atoms with van der Waals surface area (Å²) in [6, 6.07) is 11.1. The summed E-state index contributed by atoms with van der Waals surface area (Å²) in [5.74, 6) is 1.95. The Bertz CT molecular complexity index is 813. The van der Waals surface area contributed by atoms with Crippen molar-refractivity contribution in [2.75, 3.05) is 39.8 Å². The number of guanidine groups is 1. The van der Waals surface area contributed by atoms with E-state index in [2.05, 4.69) is 72.1 Å². The zero-order valence-corrected chi connectivity index (χ0v) is 20.1. The van der Waals surface area contributed by atoms with Gasteiger partial charge in [0, 0.05) is 52.7 Å². The van der Waals surface area contributed by atoms with Gasteiger partial charge in [-0.05, 0) is 5.56 Å². The van der Waals surface area contributed by atoms with Gasteiger partial charge in [-0.15, -0.1) is 34.2 Å². The Morgan fingerprint density at radius 1 is 1.27 bits per heavy atom. The second kappa shape index (κ2) is 11.1. The number of ether oxygens (including phenoxy) is 1. The van der Waals surface area contributed by atoms with Crippen molar-refractivity contribution in [2.45, 2.75) is 38.6 Å². The maximum Gasteiger partial charge on any atom is 0.193 e. The average Bonchev–Trinajstić information content (AvgIpc) is 3.39. The second-order valence-corrected chi connectivity index (χ2v) is 7.61. The third kappa shape index (κ3) is 5.30. The number of aryl methyl sites for hydroxylation is 1. The van der Waals surface area contributed by atoms with Crippen molar-refractivity contribution in [3.8, 4) is 0 Å². The lowest BCUT2D eigenvalue weighted by molar-refractivity contribution is -0.0502. The van der Waals surface area contributed by atoms with Crippen LogP contribution in [-0.4, -0.2) is 82.5 Å². The highest BCUT2D eigenvalue weighted by atomic mass is 127. The van der Waals surface area contributed by atoms with E-state index in [-0.39, 0.29) is 30.1 Å². The van der Waals surface area contributed by atoms with E-state index < -0.39 is 0 Å². The van der Waals surface area contributed by atoms with E-state index in [1.165, 1.54) is 5.56 Å². The number of morpholine rings is 1. The van der Waals surface area contributed by atoms with E-state index in [0.717, 1.165) is 64.1 Å². The standard InChI is InChI=1S/C21H31N7O.HI/c1-3-20-25-24-16-27(20)10-9-23-21(22-2)28-14-18-19(15-28)29-12-11-26(18)13-17-7-5-4-6-8-17;/h4-8,16,18-19H,3,9-15H2,1-2H3,(H,22,23);1H. The molecule has 0 aliphatic carbocycles. The second-order valence-electron chi connectivity index (χ2n) is 7.61. The molecule has 2 aromatic rings. The molecule has 1 aromatic carbocycles. The number of halogens is 1. The highest BCUT2D eigenvalue weighted by molar-refractivity contribution is 14.0. The van der Waals surface area contributed by atoms with Crippen molar-refractivity contribution in [3.05, 3.63) is 48.0 Å². The van der Waals surface area contributed by atoms with E-state index in [1.54, 1.807) is 6.33 Å². The fourth-order valence-electron chi connectivity index (χ4n) is 4.31. The monoisotopic (exact) mass is 525 g/mol. The van der Waals surface area contributed by atoms with Crippen molar-refractivity contribution in [3.63, 3.8) is 0 Å². The van der Waals surface area contributed by atoms with Crippen LogP contribution in [0.4, 0.5) is 0 Å². The van der Waals surface area contributed by atoms with Crippen LogP contribution in [0.3, 0.4) is 0 Å². The lowest BCUT2D eigenvalue weighted by Gasteiger charge is -2.36. The molecule has 0 amide bonds. The summed E-state index contributed by atoms with van der Waals surface area (Å²) < 4.78 is 8.19. The Morgan fingerprint density at radius 3 is 2.87 bits per heavy atom. The maximum absolute atomic E-state index is 6.10. The Kier molecular flexibility index (Phi) is 8.46. The van der Waals surface area contributed by atoms with Gasteiger partial charge in [-0.3, -0.25) is 9.89 Å². The summed E-state index contributed by atoms with van der Waals surface area (Å²) in [5.41, 5.74) is 1.36. The van der Waals surface area contributed by atoms with Crippen LogP contribution < -0.4 is 5.32 Å². The first kappa shape index (κ1) is 23.0. The molecular formula is C21H32IN7O. The van der Waals surface area contributed by atoms with Gasteiger partial charge in [-0.1, -0.05) is 37.3 Å². The Labute approximate surface area is 195 Å². The molecule has 9 heteroatoms. The number of likely N-dealkylation sites (tertiary alicyclic amines) is 1. The predicted octanol–water partition coefficient (Wildman–Crippen LogP) is 1.62. The van der Waals surface area contributed by atoms with E-state index in [0.29, 0.717) is 6.04 Å². The van der Waals surface area contributed by atoms with Crippen LogP contribution in [0.15, 0.2) is 41.7 Å². The predicted molar refractivity (Wildman–Crippen MR) is 128 cm³/mol. The van der Waals surface area contributed by atoms with Gasteiger partial charge in [0.25, 0.3) is 0 Å². The molecule has 0 bridgehead atoms. The van der Waals surface area contributed by atoms with Gasteiger partial charge in [0.2, 0.25) is 0 Å². The summed E-state index contributed by atoms with van der Waals surface area (Å²) in [4.78, 5) is 9.40. The molecule has 2 aliphatic heterocycles. The van der Waals surface area contributed by atoms with Crippen molar-refractivity contribution in [1.82, 2.24) is 29.9 Å². The molecule has 2 unspecified atom stereocenters. The lowest BCUT2D eigenvalue weighted by Crippen LogP contribution is -2.50. The molecule has 2 atom stereocenters. The fourth-order valence-corrected chi connectivity index (χ4v) is 4.31. The largest absolute Gasteiger partial charge is 0.373 e. The average molecular weight is 525 g/mol. The van der Waals surface area contributed by atoms with Crippen LogP contribution in [0.1, 0.15) is 18.3 Å². The molecule has 2 fully saturated rings. The Hall–Kier alpha value is -1.72. The van der Waals surface area contributed by atoms with Gasteiger partial charge < -0.3 is 19.5 Å². The molecule has 8 nitrogen and oxygen atoms in total. The van der Waals surface area contributed by atoms with E-state index in [1.807, 2.05) is 7.05 Å². The molecule has 0 radical (unpaired) electrons. The number of nitrogens with one attached hydrogen (secondary N) is 1. The maximum atomic E-state index is 6.10. The molecule has 2 saturated heterocycles. The number of aliphatic imine (C=N–C) groups is 1. The van der Waals surface area contributed by atoms with Gasteiger partial charge in [0.05, 0.1) is 18.8 Å². The highest BCUT2D eigenvalue weighted by Crippen LogP contribution is 2.24. The van der Waals surface area contributed by atoms with Gasteiger partial charge >= 0.3 is 0 Å². The van der Waals surface area contributed by atoms with Crippen molar-refractivity contribution in [2.24, 2.45) is 4.99 Å². The van der Waals surface area contributed by atoms with E-state index in [9.17, 15) is 0 Å². The van der Waals surface area contributed by atoms with E-state index >= 15 is 0 Å². The quantitative estimate of drug-likeness (QED) is 0.351. The summed E-state index contributed by atoms with van der Waals surface area (Å²) in [6.45, 7) is 8.26. The summed E-state index contributed by atoms with van der Waals surface area (Å²) in [6.07, 6.45) is 2.91. The normalized spacial score (nSPS) is 21.9. The summed E-state index contributed by atoms with van der Waals surface area (Å²) in [7, 11) is 1.85. The zero-order chi connectivity index (χ0) is 20.1. The molecule has 1 aromatic heterocycles. The molecular weight excluding hydrogens is 493 g/mol. The van der Waals surface area contributed by atoms with Crippen LogP contribution >= 0.6 is 24.0 Å². The summed E-state index contributed by atoms with van der Waals surface area (Å²) in [5, 5.41) is 11.6. The van der Waals surface area contributed by atoms with Crippen LogP contribution in [0.2, 0.25) is 0 Å². The van der Waals surface area contributed by atoms with Crippen LogP contribution in [-0.2, 0) is 24.2 Å². The van der Waals surface area contributed by atoms with E-state index in [4.69, 9.17) is 4.74 Å². The van der Waals surface area contributed by atoms with Crippen LogP contribution in [0, 0.1) is 0 Å². The topological polar surface area (TPSA) is 70.8 Å². The first-order valence-electron chi connectivity index (χ1n) is 10.5. The first-order chi connectivity index (χ1) is 14.3. The molecule has 1 N–H and O–H groups in total. The summed E-state index contributed by atoms with van der Waals surface area (Å²) >= 11 is 0. The fraction of sp³-hybridized carbons (Fsp3) is 0.571. The minimum Gasteiger partial charge on any atom is -0.373 e. The first-order valence-corrected chi connectivity index (χ1v) is 10.5. The number of hydrogen-bond acceptors (Lipinski definition) is 5. The number of hydrogen-bond donors (Lipinski definition) is 1. The molecule has 0 saturated carbocycles. The molecule has 2 aliphatic rings. The van der Waals surface area contributed by atoms with Crippen LogP contribution in [0.5, 0.6) is 0 Å². The molecule has 0 spiro atoms. The van der Waals surface area contributed by atoms with Crippen LogP contribution in [0.25, 0.3) is 0 Å². The number of fused-ring (bicyclic) bond motifs is 1. The lowest BCUT2D eigenvalue weighted by atomic mass is 10.1. The molecule has 4 rings (SSSR count). The smallest absolute Gasteiger partial charge is 0.193 e. The third-order valence-corrected chi connectivity index (χ3v) is 5.80. The Morgan fingerprint density at radius 2 is 2.10 bits per heavy atom. The van der Waals surface area contributed by atoms with Crippen molar-refractivity contribution in [1.29, 1.82) is 0 Å². The molecule has 164 valence electrons. The molecule has 3 heterocycles. The third-order valence-electron chi connectivity index (χ3n) is 5.80. The van der Waals surface area contributed by atoms with Crippen molar-refractivity contribution >= 4 is 29.9 Å². The number of nitrogens with zero attached hydrogens (tertiary/aromatic N) is 6. The highest BCUT2D eigenvalue weighted by Gasteiger charge is 2.41. The number of rotatable bonds is 6. The Balaban J connectivity index is 0.00000256. The SMILES string of the molecule is CCc1nncn1CCNC(=NC)N1CC2OCCN(Cc3ccccc3)C2C1.I. The van der Waals surface area contributed by atoms with Gasteiger partial charge in [0.15, 0.2) is 5.96 Å². The zero-order valence-electron chi connectivity index (χ0n) is 17.8. The number of aromatic nitrogens is 3.